The minimum atomic E-state index is -1.39. The van der Waals surface area contributed by atoms with Crippen molar-refractivity contribution in [2.45, 2.75) is 0 Å². The Morgan fingerprint density at radius 3 is 2.30 bits per heavy atom. The summed E-state index contributed by atoms with van der Waals surface area (Å²) in [4.78, 5) is 21.7. The fraction of sp³-hybridized carbons (Fsp3) is 0. The molecule has 0 aromatic heterocycles. The van der Waals surface area contributed by atoms with E-state index in [1.165, 1.54) is 18.2 Å². The molecule has 0 fully saturated rings. The molecule has 2 N–H and O–H groups in total. The molecule has 101 valence electrons. The first-order valence-corrected chi connectivity index (χ1v) is 5.76. The van der Waals surface area contributed by atoms with Crippen molar-refractivity contribution in [3.8, 4) is 11.1 Å². The molecule has 0 saturated heterocycles. The molecule has 20 heavy (non-hydrogen) atoms. The summed E-state index contributed by atoms with van der Waals surface area (Å²) in [5.41, 5.74) is -0.162. The highest BCUT2D eigenvalue weighted by molar-refractivity contribution is 6.36. The van der Waals surface area contributed by atoms with Crippen molar-refractivity contribution in [3.05, 3.63) is 58.4 Å². The number of carboxylic acids is 2. The number of rotatable bonds is 3. The molecule has 0 aliphatic rings. The van der Waals surface area contributed by atoms with Crippen LogP contribution >= 0.6 is 11.6 Å². The summed E-state index contributed by atoms with van der Waals surface area (Å²) < 4.78 is 13.6. The topological polar surface area (TPSA) is 74.6 Å². The first-order valence-electron chi connectivity index (χ1n) is 5.38. The number of benzene rings is 2. The Balaban J connectivity index is 2.58. The van der Waals surface area contributed by atoms with Gasteiger partial charge in [-0.1, -0.05) is 23.7 Å². The molecular formula is C14H7ClFO4. The molecular weight excluding hydrogens is 287 g/mol. The summed E-state index contributed by atoms with van der Waals surface area (Å²) in [6, 6.07) is 8.75. The summed E-state index contributed by atoms with van der Waals surface area (Å²) in [6.07, 6.45) is 0. The predicted octanol–water partition coefficient (Wildman–Crippen LogP) is 3.34. The van der Waals surface area contributed by atoms with Crippen molar-refractivity contribution in [1.29, 1.82) is 0 Å². The van der Waals surface area contributed by atoms with E-state index in [4.69, 9.17) is 21.8 Å². The number of halogens is 2. The van der Waals surface area contributed by atoms with Crippen LogP contribution in [0.4, 0.5) is 4.39 Å². The Bertz CT molecular complexity index is 712. The molecule has 0 aliphatic heterocycles. The summed E-state index contributed by atoms with van der Waals surface area (Å²) in [5, 5.41) is 17.6. The van der Waals surface area contributed by atoms with E-state index in [1.807, 2.05) is 0 Å². The number of carbonyl (C=O) groups is 2. The van der Waals surface area contributed by atoms with Gasteiger partial charge in [0, 0.05) is 5.56 Å². The number of hydrogen-bond donors (Lipinski definition) is 2. The van der Waals surface area contributed by atoms with Crippen LogP contribution in [0.5, 0.6) is 0 Å². The van der Waals surface area contributed by atoms with Gasteiger partial charge in [0.2, 0.25) is 0 Å². The van der Waals surface area contributed by atoms with Crippen molar-refractivity contribution in [1.82, 2.24) is 0 Å². The van der Waals surface area contributed by atoms with E-state index in [-0.39, 0.29) is 21.7 Å². The Morgan fingerprint density at radius 2 is 1.75 bits per heavy atom. The second-order valence-corrected chi connectivity index (χ2v) is 4.26. The monoisotopic (exact) mass is 293 g/mol. The van der Waals surface area contributed by atoms with Gasteiger partial charge in [-0.25, -0.2) is 14.0 Å². The average molecular weight is 294 g/mol. The smallest absolute Gasteiger partial charge is 0.338 e. The van der Waals surface area contributed by atoms with Gasteiger partial charge in [0.15, 0.2) is 0 Å². The summed E-state index contributed by atoms with van der Waals surface area (Å²) in [5.74, 6) is -3.53. The van der Waals surface area contributed by atoms with Crippen molar-refractivity contribution in [2.75, 3.05) is 0 Å². The maximum absolute atomic E-state index is 13.6. The van der Waals surface area contributed by atoms with Crippen LogP contribution in [0.15, 0.2) is 30.3 Å². The lowest BCUT2D eigenvalue weighted by atomic mass is 10.0. The van der Waals surface area contributed by atoms with Gasteiger partial charge in [-0.2, -0.15) is 0 Å². The standard InChI is InChI=1S/C14H7ClFO4/c15-12-8(2-1-3-10(12)14(19)20)7-4-5-9(13(17)18)11(16)6-7/h1,3-6H,(H,17,18)(H,19,20). The third-order valence-corrected chi connectivity index (χ3v) is 3.04. The van der Waals surface area contributed by atoms with Gasteiger partial charge in [-0.15, -0.1) is 0 Å². The van der Waals surface area contributed by atoms with Gasteiger partial charge in [0.25, 0.3) is 0 Å². The van der Waals surface area contributed by atoms with Gasteiger partial charge < -0.3 is 10.2 Å². The fourth-order valence-corrected chi connectivity index (χ4v) is 2.01. The predicted molar refractivity (Wildman–Crippen MR) is 69.6 cm³/mol. The van der Waals surface area contributed by atoms with E-state index in [0.717, 1.165) is 12.1 Å². The number of aromatic carboxylic acids is 2. The van der Waals surface area contributed by atoms with Crippen LogP contribution in [0, 0.1) is 11.9 Å². The van der Waals surface area contributed by atoms with E-state index in [2.05, 4.69) is 6.07 Å². The molecule has 2 aromatic carbocycles. The Labute approximate surface area is 118 Å². The van der Waals surface area contributed by atoms with Crippen LogP contribution in [0.1, 0.15) is 20.7 Å². The molecule has 6 heteroatoms. The lowest BCUT2D eigenvalue weighted by molar-refractivity contribution is 0.0683. The Kier molecular flexibility index (Phi) is 3.72. The molecule has 0 bridgehead atoms. The first kappa shape index (κ1) is 14.0. The highest BCUT2D eigenvalue weighted by Crippen LogP contribution is 2.31. The van der Waals surface area contributed by atoms with Gasteiger partial charge in [-0.3, -0.25) is 0 Å². The summed E-state index contributed by atoms with van der Waals surface area (Å²) >= 11 is 5.94. The zero-order chi connectivity index (χ0) is 14.9. The zero-order valence-corrected chi connectivity index (χ0v) is 10.6. The lowest BCUT2D eigenvalue weighted by Crippen LogP contribution is -2.01. The highest BCUT2D eigenvalue weighted by atomic mass is 35.5. The molecule has 0 amide bonds. The quantitative estimate of drug-likeness (QED) is 0.910. The van der Waals surface area contributed by atoms with Crippen LogP contribution in [-0.2, 0) is 0 Å². The average Bonchev–Trinajstić information content (AvgIpc) is 2.38. The molecule has 0 saturated carbocycles. The molecule has 0 spiro atoms. The SMILES string of the molecule is O=C(O)c1ccc(-c2[c]ccc(C(=O)O)c2Cl)cc1F. The molecule has 2 rings (SSSR count). The van der Waals surface area contributed by atoms with Crippen LogP contribution < -0.4 is 0 Å². The van der Waals surface area contributed by atoms with Gasteiger partial charge in [0.1, 0.15) is 5.82 Å². The number of carboxylic acid groups (broad SMARTS) is 2. The second-order valence-electron chi connectivity index (χ2n) is 3.89. The third-order valence-electron chi connectivity index (χ3n) is 2.65. The van der Waals surface area contributed by atoms with Crippen molar-refractivity contribution >= 4 is 23.5 Å². The number of hydrogen-bond acceptors (Lipinski definition) is 2. The zero-order valence-electron chi connectivity index (χ0n) is 9.85. The largest absolute Gasteiger partial charge is 0.478 e. The molecule has 4 nitrogen and oxygen atoms in total. The first-order chi connectivity index (χ1) is 9.41. The van der Waals surface area contributed by atoms with Crippen LogP contribution in [0.25, 0.3) is 11.1 Å². The molecule has 0 heterocycles. The molecule has 0 atom stereocenters. The molecule has 0 unspecified atom stereocenters. The van der Waals surface area contributed by atoms with E-state index < -0.39 is 23.3 Å². The minimum absolute atomic E-state index is 0.0810. The highest BCUT2D eigenvalue weighted by Gasteiger charge is 2.16. The molecule has 0 aliphatic carbocycles. The van der Waals surface area contributed by atoms with Crippen LogP contribution in [0.3, 0.4) is 0 Å². The summed E-state index contributed by atoms with van der Waals surface area (Å²) in [7, 11) is 0. The van der Waals surface area contributed by atoms with Gasteiger partial charge in [-0.05, 0) is 29.8 Å². The Hall–Kier alpha value is -2.40. The van der Waals surface area contributed by atoms with E-state index in [9.17, 15) is 14.0 Å². The lowest BCUT2D eigenvalue weighted by Gasteiger charge is -2.07. The Morgan fingerprint density at radius 1 is 1.10 bits per heavy atom. The van der Waals surface area contributed by atoms with Crippen molar-refractivity contribution in [3.63, 3.8) is 0 Å². The molecule has 1 radical (unpaired) electrons. The minimum Gasteiger partial charge on any atom is -0.478 e. The van der Waals surface area contributed by atoms with Crippen molar-refractivity contribution < 1.29 is 24.2 Å². The van der Waals surface area contributed by atoms with Gasteiger partial charge in [0.05, 0.1) is 16.1 Å². The second kappa shape index (κ2) is 5.30. The third kappa shape index (κ3) is 2.48. The van der Waals surface area contributed by atoms with Crippen molar-refractivity contribution in [2.24, 2.45) is 0 Å². The normalized spacial score (nSPS) is 10.3. The van der Waals surface area contributed by atoms with E-state index in [1.54, 1.807) is 0 Å². The fourth-order valence-electron chi connectivity index (χ4n) is 1.70. The summed E-state index contributed by atoms with van der Waals surface area (Å²) in [6.45, 7) is 0. The maximum Gasteiger partial charge on any atom is 0.338 e. The maximum atomic E-state index is 13.6. The van der Waals surface area contributed by atoms with E-state index in [0.29, 0.717) is 0 Å². The molecule has 2 aromatic rings. The van der Waals surface area contributed by atoms with Crippen LogP contribution in [0.2, 0.25) is 5.02 Å². The van der Waals surface area contributed by atoms with Gasteiger partial charge >= 0.3 is 11.9 Å². The van der Waals surface area contributed by atoms with E-state index >= 15 is 0 Å². The van der Waals surface area contributed by atoms with Crippen LogP contribution in [-0.4, -0.2) is 22.2 Å².